The molecular formula is C16H18N6O. The van der Waals surface area contributed by atoms with Crippen molar-refractivity contribution in [3.8, 4) is 0 Å². The largest absolute Gasteiger partial charge is 0.340 e. The number of aryl methyl sites for hydroxylation is 1. The van der Waals surface area contributed by atoms with Crippen LogP contribution in [0.3, 0.4) is 0 Å². The van der Waals surface area contributed by atoms with Crippen molar-refractivity contribution < 1.29 is 4.79 Å². The second-order valence-electron chi connectivity index (χ2n) is 6.06. The standard InChI is InChI=1S/C16H18N6O/c1-21-9-14(17-10-21)16(23)22-6-2-3-12(8-22)13-5-4-11-7-18-20-15(11)19-13/h4-5,7,9-10,12H,2-3,6,8H2,1H3,(H,18,19,20)/t12-/m1/s1. The number of aromatic nitrogens is 5. The number of fused-ring (bicyclic) bond motifs is 1. The molecule has 0 unspecified atom stereocenters. The number of amides is 1. The third kappa shape index (κ3) is 2.58. The Balaban J connectivity index is 1.55. The lowest BCUT2D eigenvalue weighted by Crippen LogP contribution is -2.39. The Morgan fingerprint density at radius 2 is 2.30 bits per heavy atom. The number of rotatable bonds is 2. The zero-order valence-electron chi connectivity index (χ0n) is 12.9. The second-order valence-corrected chi connectivity index (χ2v) is 6.06. The minimum atomic E-state index is -0.00193. The van der Waals surface area contributed by atoms with E-state index in [-0.39, 0.29) is 11.8 Å². The minimum absolute atomic E-state index is 0.00193. The van der Waals surface area contributed by atoms with Crippen LogP contribution in [0.2, 0.25) is 0 Å². The normalized spacial score (nSPS) is 18.5. The van der Waals surface area contributed by atoms with Crippen LogP contribution in [0.4, 0.5) is 0 Å². The Bertz CT molecular complexity index is 851. The van der Waals surface area contributed by atoms with E-state index in [0.717, 1.165) is 36.1 Å². The Hall–Kier alpha value is -2.70. The number of nitrogens with one attached hydrogen (secondary N) is 1. The summed E-state index contributed by atoms with van der Waals surface area (Å²) in [6.07, 6.45) is 7.21. The number of H-pyrrole nitrogens is 1. The summed E-state index contributed by atoms with van der Waals surface area (Å²) in [5.41, 5.74) is 2.32. The van der Waals surface area contributed by atoms with E-state index in [9.17, 15) is 4.79 Å². The maximum Gasteiger partial charge on any atom is 0.274 e. The molecule has 7 nitrogen and oxygen atoms in total. The molecule has 7 heteroatoms. The van der Waals surface area contributed by atoms with E-state index in [1.54, 1.807) is 23.3 Å². The first-order valence-electron chi connectivity index (χ1n) is 7.78. The van der Waals surface area contributed by atoms with Crippen molar-refractivity contribution in [1.29, 1.82) is 0 Å². The number of carbonyl (C=O) groups excluding carboxylic acids is 1. The van der Waals surface area contributed by atoms with Crippen molar-refractivity contribution in [1.82, 2.24) is 29.6 Å². The summed E-state index contributed by atoms with van der Waals surface area (Å²) >= 11 is 0. The highest BCUT2D eigenvalue weighted by atomic mass is 16.2. The Morgan fingerprint density at radius 3 is 3.13 bits per heavy atom. The lowest BCUT2D eigenvalue weighted by molar-refractivity contribution is 0.0700. The summed E-state index contributed by atoms with van der Waals surface area (Å²) in [6.45, 7) is 1.46. The number of hydrogen-bond acceptors (Lipinski definition) is 4. The summed E-state index contributed by atoms with van der Waals surface area (Å²) in [6, 6.07) is 4.07. The van der Waals surface area contributed by atoms with E-state index in [1.807, 2.05) is 24.1 Å². The molecular weight excluding hydrogens is 292 g/mol. The van der Waals surface area contributed by atoms with Gasteiger partial charge >= 0.3 is 0 Å². The molecule has 1 N–H and O–H groups in total. The van der Waals surface area contributed by atoms with Crippen molar-refractivity contribution in [2.24, 2.45) is 7.05 Å². The van der Waals surface area contributed by atoms with Gasteiger partial charge in [0.25, 0.3) is 5.91 Å². The molecule has 1 fully saturated rings. The van der Waals surface area contributed by atoms with E-state index in [1.165, 1.54) is 0 Å². The number of imidazole rings is 1. The zero-order chi connectivity index (χ0) is 15.8. The van der Waals surface area contributed by atoms with E-state index in [2.05, 4.69) is 20.2 Å². The minimum Gasteiger partial charge on any atom is -0.340 e. The van der Waals surface area contributed by atoms with Gasteiger partial charge in [0, 0.05) is 43.3 Å². The molecule has 4 heterocycles. The molecule has 1 aliphatic heterocycles. The average Bonchev–Trinajstić information content (AvgIpc) is 3.22. The molecule has 0 saturated carbocycles. The van der Waals surface area contributed by atoms with Crippen LogP contribution in [0.5, 0.6) is 0 Å². The summed E-state index contributed by atoms with van der Waals surface area (Å²) in [7, 11) is 1.87. The van der Waals surface area contributed by atoms with E-state index >= 15 is 0 Å². The second kappa shape index (κ2) is 5.49. The van der Waals surface area contributed by atoms with Crippen molar-refractivity contribution in [2.45, 2.75) is 18.8 Å². The van der Waals surface area contributed by atoms with Gasteiger partial charge in [0.1, 0.15) is 5.69 Å². The van der Waals surface area contributed by atoms with Crippen LogP contribution in [0.1, 0.15) is 34.9 Å². The predicted octanol–water partition coefficient (Wildman–Crippen LogP) is 1.71. The third-order valence-corrected chi connectivity index (χ3v) is 4.37. The Kier molecular flexibility index (Phi) is 3.33. The topological polar surface area (TPSA) is 79.7 Å². The van der Waals surface area contributed by atoms with Crippen molar-refractivity contribution in [3.63, 3.8) is 0 Å². The molecule has 23 heavy (non-hydrogen) atoms. The van der Waals surface area contributed by atoms with Gasteiger partial charge in [-0.1, -0.05) is 0 Å². The lowest BCUT2D eigenvalue weighted by atomic mass is 9.94. The van der Waals surface area contributed by atoms with Gasteiger partial charge in [0.15, 0.2) is 5.65 Å². The smallest absolute Gasteiger partial charge is 0.274 e. The van der Waals surface area contributed by atoms with Crippen molar-refractivity contribution in [3.05, 3.63) is 42.2 Å². The molecule has 1 amide bonds. The van der Waals surface area contributed by atoms with Gasteiger partial charge in [-0.15, -0.1) is 0 Å². The number of nitrogens with zero attached hydrogens (tertiary/aromatic N) is 5. The van der Waals surface area contributed by atoms with Crippen molar-refractivity contribution >= 4 is 16.9 Å². The molecule has 0 aliphatic carbocycles. The number of piperidine rings is 1. The predicted molar refractivity (Wildman–Crippen MR) is 85.0 cm³/mol. The molecule has 4 rings (SSSR count). The monoisotopic (exact) mass is 310 g/mol. The molecule has 1 saturated heterocycles. The number of hydrogen-bond donors (Lipinski definition) is 1. The quantitative estimate of drug-likeness (QED) is 0.781. The molecule has 1 atom stereocenters. The van der Waals surface area contributed by atoms with Gasteiger partial charge < -0.3 is 9.47 Å². The van der Waals surface area contributed by atoms with E-state index < -0.39 is 0 Å². The molecule has 1 aliphatic rings. The van der Waals surface area contributed by atoms with Gasteiger partial charge in [-0.3, -0.25) is 9.89 Å². The maximum atomic E-state index is 12.6. The van der Waals surface area contributed by atoms with Gasteiger partial charge in [0.2, 0.25) is 0 Å². The zero-order valence-corrected chi connectivity index (χ0v) is 12.9. The van der Waals surface area contributed by atoms with Crippen LogP contribution in [-0.4, -0.2) is 48.6 Å². The highest BCUT2D eigenvalue weighted by Gasteiger charge is 2.27. The first-order chi connectivity index (χ1) is 11.2. The number of pyridine rings is 1. The molecule has 0 spiro atoms. The van der Waals surface area contributed by atoms with Gasteiger partial charge in [-0.25, -0.2) is 9.97 Å². The lowest BCUT2D eigenvalue weighted by Gasteiger charge is -2.32. The number of likely N-dealkylation sites (tertiary alicyclic amines) is 1. The molecule has 0 aromatic carbocycles. The first kappa shape index (κ1) is 13.9. The third-order valence-electron chi connectivity index (χ3n) is 4.37. The highest BCUT2D eigenvalue weighted by molar-refractivity contribution is 5.92. The first-order valence-corrected chi connectivity index (χ1v) is 7.78. The Labute approximate surface area is 133 Å². The van der Waals surface area contributed by atoms with Crippen molar-refractivity contribution in [2.75, 3.05) is 13.1 Å². The van der Waals surface area contributed by atoms with Crippen LogP contribution in [-0.2, 0) is 7.05 Å². The van der Waals surface area contributed by atoms with E-state index in [4.69, 9.17) is 0 Å². The van der Waals surface area contributed by atoms with Crippen LogP contribution >= 0.6 is 0 Å². The highest BCUT2D eigenvalue weighted by Crippen LogP contribution is 2.27. The molecule has 3 aromatic rings. The fourth-order valence-corrected chi connectivity index (χ4v) is 3.16. The number of carbonyl (C=O) groups is 1. The van der Waals surface area contributed by atoms with Crippen LogP contribution in [0.25, 0.3) is 11.0 Å². The van der Waals surface area contributed by atoms with Crippen LogP contribution in [0, 0.1) is 0 Å². The average molecular weight is 310 g/mol. The summed E-state index contributed by atoms with van der Waals surface area (Å²) < 4.78 is 1.79. The number of aromatic amines is 1. The molecule has 0 bridgehead atoms. The molecule has 118 valence electrons. The SMILES string of the molecule is Cn1cnc(C(=O)N2CCC[C@@H](c3ccc4cn[nH]c4n3)C2)c1. The van der Waals surface area contributed by atoms with Gasteiger partial charge in [-0.05, 0) is 25.0 Å². The summed E-state index contributed by atoms with van der Waals surface area (Å²) in [4.78, 5) is 23.3. The van der Waals surface area contributed by atoms with Gasteiger partial charge in [-0.2, -0.15) is 5.10 Å². The fourth-order valence-electron chi connectivity index (χ4n) is 3.16. The van der Waals surface area contributed by atoms with Crippen LogP contribution < -0.4 is 0 Å². The molecule has 0 radical (unpaired) electrons. The van der Waals surface area contributed by atoms with E-state index in [0.29, 0.717) is 12.2 Å². The fraction of sp³-hybridized carbons (Fsp3) is 0.375. The van der Waals surface area contributed by atoms with Crippen LogP contribution in [0.15, 0.2) is 30.9 Å². The maximum absolute atomic E-state index is 12.6. The summed E-state index contributed by atoms with van der Waals surface area (Å²) in [5.74, 6) is 0.252. The van der Waals surface area contributed by atoms with Gasteiger partial charge in [0.05, 0.1) is 12.5 Å². The summed E-state index contributed by atoms with van der Waals surface area (Å²) in [5, 5.41) is 7.92. The molecule has 3 aromatic heterocycles. The Morgan fingerprint density at radius 1 is 1.39 bits per heavy atom.